The number of rotatable bonds is 2. The van der Waals surface area contributed by atoms with Crippen LogP contribution in [-0.2, 0) is 12.4 Å². The number of hydrogen-bond acceptors (Lipinski definition) is 5. The van der Waals surface area contributed by atoms with Gasteiger partial charge < -0.3 is 0 Å². The van der Waals surface area contributed by atoms with Crippen molar-refractivity contribution in [3.05, 3.63) is 72.1 Å². The lowest BCUT2D eigenvalue weighted by atomic mass is 10.1. The number of halogens is 6. The molecule has 1 N–H and O–H groups in total. The topological polar surface area (TPSA) is 68.0 Å². The molecule has 0 aliphatic heterocycles. The number of nitrogens with zero attached hydrogens (tertiary/aromatic N) is 5. The van der Waals surface area contributed by atoms with Crippen LogP contribution in [0.1, 0.15) is 17.0 Å². The first-order chi connectivity index (χ1) is 15.1. The second kappa shape index (κ2) is 7.84. The Balaban J connectivity index is 1.79. The molecule has 3 heterocycles. The number of nitrogens with one attached hydrogen (secondary N) is 1. The van der Waals surface area contributed by atoms with Crippen molar-refractivity contribution in [2.24, 2.45) is 0 Å². The maximum absolute atomic E-state index is 13.6. The van der Waals surface area contributed by atoms with Gasteiger partial charge in [0.25, 0.3) is 0 Å². The van der Waals surface area contributed by atoms with E-state index in [4.69, 9.17) is 0 Å². The molecule has 12 heteroatoms. The van der Waals surface area contributed by atoms with E-state index >= 15 is 0 Å². The Kier molecular flexibility index (Phi) is 5.17. The first-order valence-electron chi connectivity index (χ1n) is 8.80. The van der Waals surface area contributed by atoms with Crippen molar-refractivity contribution >= 4 is 11.6 Å². The molecular formula is C20H10F6N6. The quantitative estimate of drug-likeness (QED) is 0.275. The van der Waals surface area contributed by atoms with E-state index in [-0.39, 0.29) is 28.5 Å². The van der Waals surface area contributed by atoms with Gasteiger partial charge in [-0.05, 0) is 30.2 Å². The van der Waals surface area contributed by atoms with Gasteiger partial charge in [-0.3, -0.25) is 9.72 Å². The third-order valence-electron chi connectivity index (χ3n) is 4.22. The minimum atomic E-state index is -4.77. The van der Waals surface area contributed by atoms with Crippen LogP contribution < -0.4 is 5.32 Å². The van der Waals surface area contributed by atoms with Crippen LogP contribution in [0.25, 0.3) is 16.9 Å². The molecule has 3 aromatic heterocycles. The molecular weight excluding hydrogens is 438 g/mol. The fourth-order valence-corrected chi connectivity index (χ4v) is 2.76. The smallest absolute Gasteiger partial charge is 0.283 e. The number of aromatic nitrogens is 5. The van der Waals surface area contributed by atoms with E-state index in [1.165, 1.54) is 12.4 Å². The fraction of sp³-hybridized carbons (Fsp3) is 0.100. The molecule has 0 radical (unpaired) electrons. The van der Waals surface area contributed by atoms with E-state index < -0.39 is 23.6 Å². The van der Waals surface area contributed by atoms with Crippen LogP contribution in [-0.4, -0.2) is 24.3 Å². The molecule has 0 saturated heterocycles. The van der Waals surface area contributed by atoms with Gasteiger partial charge in [-0.2, -0.15) is 26.3 Å². The lowest BCUT2D eigenvalue weighted by molar-refractivity contribution is -0.142. The Hall–Kier alpha value is -4.14. The number of fused-ring (bicyclic) bond motifs is 1. The largest absolute Gasteiger partial charge is 0.431 e. The van der Waals surface area contributed by atoms with Crippen LogP contribution in [0, 0.1) is 12.0 Å². The standard InChI is InChI=1S/C20H10F6N6/c21-19(22,23)13-4-2-12(3-5-13)15-10-16(20(24,25)26)32-11-30-14(17(32)31-15)6-9-29-18-27-7-1-8-28-18/h1-5,7-8,10-11H,(H,27,28,29). The first-order valence-corrected chi connectivity index (χ1v) is 8.80. The average molecular weight is 448 g/mol. The lowest BCUT2D eigenvalue weighted by Crippen LogP contribution is -2.12. The predicted molar refractivity (Wildman–Crippen MR) is 101 cm³/mol. The van der Waals surface area contributed by atoms with Crippen LogP contribution >= 0.6 is 0 Å². The van der Waals surface area contributed by atoms with Crippen LogP contribution in [0.15, 0.2) is 55.1 Å². The Morgan fingerprint density at radius 2 is 1.56 bits per heavy atom. The zero-order valence-electron chi connectivity index (χ0n) is 15.7. The second-order valence-corrected chi connectivity index (χ2v) is 6.33. The SMILES string of the molecule is FC(F)(F)c1ccc(-c2cc(C(F)(F)F)n3cnc(C#CNc4ncccn4)c3n2)cc1. The Labute approximate surface area is 176 Å². The normalized spacial score (nSPS) is 11.8. The highest BCUT2D eigenvalue weighted by molar-refractivity contribution is 5.66. The molecule has 0 fully saturated rings. The zero-order chi connectivity index (χ0) is 22.9. The van der Waals surface area contributed by atoms with E-state index in [0.717, 1.165) is 41.1 Å². The number of benzene rings is 1. The highest BCUT2D eigenvalue weighted by Crippen LogP contribution is 2.34. The summed E-state index contributed by atoms with van der Waals surface area (Å²) in [6.07, 6.45) is -5.49. The van der Waals surface area contributed by atoms with Crippen LogP contribution in [0.2, 0.25) is 0 Å². The summed E-state index contributed by atoms with van der Waals surface area (Å²) in [5, 5.41) is 2.57. The molecule has 0 aliphatic rings. The lowest BCUT2D eigenvalue weighted by Gasteiger charge is -2.12. The van der Waals surface area contributed by atoms with E-state index in [1.807, 2.05) is 0 Å². The minimum absolute atomic E-state index is 0.0712. The first kappa shape index (κ1) is 21.1. The molecule has 0 saturated carbocycles. The molecule has 32 heavy (non-hydrogen) atoms. The van der Waals surface area contributed by atoms with Crippen LogP contribution in [0.3, 0.4) is 0 Å². The van der Waals surface area contributed by atoms with Crippen molar-refractivity contribution < 1.29 is 26.3 Å². The van der Waals surface area contributed by atoms with Gasteiger partial charge in [-0.25, -0.2) is 19.9 Å². The average Bonchev–Trinajstić information content (AvgIpc) is 3.15. The molecule has 6 nitrogen and oxygen atoms in total. The molecule has 4 rings (SSSR count). The van der Waals surface area contributed by atoms with Crippen molar-refractivity contribution in [3.8, 4) is 23.2 Å². The van der Waals surface area contributed by atoms with Crippen molar-refractivity contribution in [2.75, 3.05) is 5.32 Å². The molecule has 0 unspecified atom stereocenters. The molecule has 0 bridgehead atoms. The van der Waals surface area contributed by atoms with E-state index in [2.05, 4.69) is 37.2 Å². The predicted octanol–water partition coefficient (Wildman–Crippen LogP) is 4.65. The van der Waals surface area contributed by atoms with Crippen LogP contribution in [0.5, 0.6) is 0 Å². The highest BCUT2D eigenvalue weighted by atomic mass is 19.4. The molecule has 0 atom stereocenters. The summed E-state index contributed by atoms with van der Waals surface area (Å²) in [7, 11) is 0. The Bertz CT molecular complexity index is 1310. The van der Waals surface area contributed by atoms with Gasteiger partial charge in [0.05, 0.1) is 11.3 Å². The van der Waals surface area contributed by atoms with Gasteiger partial charge in [0.1, 0.15) is 12.0 Å². The van der Waals surface area contributed by atoms with Crippen LogP contribution in [0.4, 0.5) is 32.3 Å². The Morgan fingerprint density at radius 1 is 0.875 bits per heavy atom. The molecule has 1 aromatic carbocycles. The van der Waals surface area contributed by atoms with Crippen molar-refractivity contribution in [1.29, 1.82) is 0 Å². The summed E-state index contributed by atoms with van der Waals surface area (Å²) in [5.41, 5.74) is -2.42. The summed E-state index contributed by atoms with van der Waals surface area (Å²) in [6, 6.07) is 8.47. The van der Waals surface area contributed by atoms with E-state index in [0.29, 0.717) is 0 Å². The van der Waals surface area contributed by atoms with Gasteiger partial charge in [0.2, 0.25) is 5.95 Å². The molecule has 4 aromatic rings. The number of anilines is 1. The van der Waals surface area contributed by atoms with Gasteiger partial charge >= 0.3 is 12.4 Å². The number of imidazole rings is 1. The summed E-state index contributed by atoms with van der Waals surface area (Å²) in [5.74, 6) is 2.73. The number of alkyl halides is 6. The zero-order valence-corrected chi connectivity index (χ0v) is 15.7. The third-order valence-corrected chi connectivity index (χ3v) is 4.22. The minimum Gasteiger partial charge on any atom is -0.283 e. The van der Waals surface area contributed by atoms with Crippen molar-refractivity contribution in [3.63, 3.8) is 0 Å². The summed E-state index contributed by atoms with van der Waals surface area (Å²) < 4.78 is 80.0. The monoisotopic (exact) mass is 448 g/mol. The van der Waals surface area contributed by atoms with Gasteiger partial charge in [0.15, 0.2) is 11.3 Å². The maximum Gasteiger partial charge on any atom is 0.431 e. The molecule has 0 aliphatic carbocycles. The van der Waals surface area contributed by atoms with E-state index in [1.54, 1.807) is 6.07 Å². The molecule has 0 spiro atoms. The highest BCUT2D eigenvalue weighted by Gasteiger charge is 2.35. The molecule has 0 amide bonds. The van der Waals surface area contributed by atoms with Crippen molar-refractivity contribution in [2.45, 2.75) is 12.4 Å². The number of hydrogen-bond donors (Lipinski definition) is 1. The second-order valence-electron chi connectivity index (χ2n) is 6.33. The third kappa shape index (κ3) is 4.31. The van der Waals surface area contributed by atoms with Gasteiger partial charge in [0, 0.05) is 24.0 Å². The van der Waals surface area contributed by atoms with E-state index in [9.17, 15) is 26.3 Å². The summed E-state index contributed by atoms with van der Waals surface area (Å²) in [6.45, 7) is 0. The van der Waals surface area contributed by atoms with Gasteiger partial charge in [-0.15, -0.1) is 0 Å². The van der Waals surface area contributed by atoms with Crippen molar-refractivity contribution in [1.82, 2.24) is 24.3 Å². The Morgan fingerprint density at radius 3 is 2.19 bits per heavy atom. The maximum atomic E-state index is 13.6. The molecule has 162 valence electrons. The summed E-state index contributed by atoms with van der Waals surface area (Å²) in [4.78, 5) is 15.8. The fourth-order valence-electron chi connectivity index (χ4n) is 2.76. The van der Waals surface area contributed by atoms with Gasteiger partial charge in [-0.1, -0.05) is 12.1 Å². The summed E-state index contributed by atoms with van der Waals surface area (Å²) >= 11 is 0.